The van der Waals surface area contributed by atoms with Crippen LogP contribution in [-0.4, -0.2) is 18.0 Å². The molecule has 0 radical (unpaired) electrons. The van der Waals surface area contributed by atoms with Crippen molar-refractivity contribution in [1.82, 2.24) is 10.3 Å². The van der Waals surface area contributed by atoms with Gasteiger partial charge >= 0.3 is 0 Å². The van der Waals surface area contributed by atoms with Crippen molar-refractivity contribution < 1.29 is 9.53 Å². The minimum absolute atomic E-state index is 0.0174. The van der Waals surface area contributed by atoms with Crippen LogP contribution in [-0.2, 0) is 17.8 Å². The highest BCUT2D eigenvalue weighted by Crippen LogP contribution is 2.27. The van der Waals surface area contributed by atoms with E-state index in [9.17, 15) is 4.79 Å². The standard InChI is InChI=1S/C25H22N2O2/c1-29-21-12-13-22-20(15-25(28)26-17-18-8-4-2-5-9-18)14-23(27-24(22)16-21)19-10-6-3-7-11-19/h2-14,16H,15,17H2,1H3,(H,26,28). The molecule has 144 valence electrons. The quantitative estimate of drug-likeness (QED) is 0.523. The molecule has 29 heavy (non-hydrogen) atoms. The number of carbonyl (C=O) groups excluding carboxylic acids is 1. The van der Waals surface area contributed by atoms with Crippen LogP contribution in [0.2, 0.25) is 0 Å². The normalized spacial score (nSPS) is 10.7. The first-order valence-corrected chi connectivity index (χ1v) is 9.56. The SMILES string of the molecule is COc1ccc2c(CC(=O)NCc3ccccc3)cc(-c3ccccc3)nc2c1. The minimum Gasteiger partial charge on any atom is -0.497 e. The Morgan fingerprint density at radius 1 is 0.931 bits per heavy atom. The molecule has 4 aromatic rings. The van der Waals surface area contributed by atoms with E-state index in [-0.39, 0.29) is 12.3 Å². The van der Waals surface area contributed by atoms with Crippen LogP contribution in [0.3, 0.4) is 0 Å². The third-order valence-electron chi connectivity index (χ3n) is 4.86. The van der Waals surface area contributed by atoms with E-state index in [0.29, 0.717) is 6.54 Å². The van der Waals surface area contributed by atoms with E-state index in [4.69, 9.17) is 9.72 Å². The molecule has 1 aromatic heterocycles. The van der Waals surface area contributed by atoms with Crippen LogP contribution in [0.25, 0.3) is 22.2 Å². The van der Waals surface area contributed by atoms with Crippen LogP contribution >= 0.6 is 0 Å². The summed E-state index contributed by atoms with van der Waals surface area (Å²) in [6.45, 7) is 0.516. The first kappa shape index (κ1) is 18.7. The van der Waals surface area contributed by atoms with E-state index >= 15 is 0 Å². The van der Waals surface area contributed by atoms with Gasteiger partial charge in [0, 0.05) is 23.6 Å². The van der Waals surface area contributed by atoms with Crippen molar-refractivity contribution in [3.05, 3.63) is 96.1 Å². The van der Waals surface area contributed by atoms with Gasteiger partial charge < -0.3 is 10.1 Å². The molecule has 0 saturated carbocycles. The van der Waals surface area contributed by atoms with E-state index in [1.165, 1.54) is 0 Å². The second-order valence-electron chi connectivity index (χ2n) is 6.85. The number of carbonyl (C=O) groups is 1. The summed E-state index contributed by atoms with van der Waals surface area (Å²) >= 11 is 0. The second-order valence-corrected chi connectivity index (χ2v) is 6.85. The van der Waals surface area contributed by atoms with Crippen LogP contribution in [0, 0.1) is 0 Å². The molecular formula is C25H22N2O2. The fourth-order valence-corrected chi connectivity index (χ4v) is 3.34. The fraction of sp³-hybridized carbons (Fsp3) is 0.120. The molecule has 0 aliphatic rings. The van der Waals surface area contributed by atoms with Crippen molar-refractivity contribution >= 4 is 16.8 Å². The number of nitrogens with one attached hydrogen (secondary N) is 1. The van der Waals surface area contributed by atoms with Gasteiger partial charge in [-0.15, -0.1) is 0 Å². The van der Waals surface area contributed by atoms with Gasteiger partial charge in [-0.3, -0.25) is 4.79 Å². The van der Waals surface area contributed by atoms with E-state index in [2.05, 4.69) is 5.32 Å². The van der Waals surface area contributed by atoms with Gasteiger partial charge in [-0.2, -0.15) is 0 Å². The fourth-order valence-electron chi connectivity index (χ4n) is 3.34. The van der Waals surface area contributed by atoms with Crippen LogP contribution in [0.1, 0.15) is 11.1 Å². The van der Waals surface area contributed by atoms with Crippen LogP contribution < -0.4 is 10.1 Å². The van der Waals surface area contributed by atoms with Crippen molar-refractivity contribution in [2.24, 2.45) is 0 Å². The zero-order valence-corrected chi connectivity index (χ0v) is 16.3. The van der Waals surface area contributed by atoms with Crippen molar-refractivity contribution in [2.45, 2.75) is 13.0 Å². The maximum absolute atomic E-state index is 12.6. The van der Waals surface area contributed by atoms with Gasteiger partial charge in [-0.05, 0) is 29.3 Å². The average molecular weight is 382 g/mol. The lowest BCUT2D eigenvalue weighted by Crippen LogP contribution is -2.24. The molecule has 0 spiro atoms. The summed E-state index contributed by atoms with van der Waals surface area (Å²) in [7, 11) is 1.64. The average Bonchev–Trinajstić information content (AvgIpc) is 2.78. The van der Waals surface area contributed by atoms with Gasteiger partial charge in [-0.1, -0.05) is 60.7 Å². The number of methoxy groups -OCH3 is 1. The monoisotopic (exact) mass is 382 g/mol. The molecular weight excluding hydrogens is 360 g/mol. The predicted octanol–water partition coefficient (Wildman–Crippen LogP) is 4.77. The van der Waals surface area contributed by atoms with Gasteiger partial charge in [-0.25, -0.2) is 4.98 Å². The lowest BCUT2D eigenvalue weighted by molar-refractivity contribution is -0.120. The highest BCUT2D eigenvalue weighted by molar-refractivity contribution is 5.90. The predicted molar refractivity (Wildman–Crippen MR) is 116 cm³/mol. The Morgan fingerprint density at radius 3 is 2.38 bits per heavy atom. The van der Waals surface area contributed by atoms with Gasteiger partial charge in [0.2, 0.25) is 5.91 Å². The number of hydrogen-bond acceptors (Lipinski definition) is 3. The number of rotatable bonds is 6. The molecule has 1 heterocycles. The Labute approximate surface area is 170 Å². The van der Waals surface area contributed by atoms with Crippen LogP contribution in [0.15, 0.2) is 84.9 Å². The molecule has 0 bridgehead atoms. The van der Waals surface area contributed by atoms with Crippen LogP contribution in [0.5, 0.6) is 5.75 Å². The Morgan fingerprint density at radius 2 is 1.66 bits per heavy atom. The third-order valence-corrected chi connectivity index (χ3v) is 4.86. The highest BCUT2D eigenvalue weighted by Gasteiger charge is 2.12. The molecule has 0 fully saturated rings. The van der Waals surface area contributed by atoms with Gasteiger partial charge in [0.05, 0.1) is 24.7 Å². The zero-order valence-electron chi connectivity index (χ0n) is 16.3. The number of aromatic nitrogens is 1. The molecule has 1 N–H and O–H groups in total. The Hall–Kier alpha value is -3.66. The molecule has 1 amide bonds. The topological polar surface area (TPSA) is 51.2 Å². The molecule has 4 rings (SSSR count). The van der Waals surface area contributed by atoms with Crippen molar-refractivity contribution in [1.29, 1.82) is 0 Å². The number of hydrogen-bond donors (Lipinski definition) is 1. The largest absolute Gasteiger partial charge is 0.497 e. The lowest BCUT2D eigenvalue weighted by Gasteiger charge is -2.12. The Kier molecular flexibility index (Phi) is 5.52. The van der Waals surface area contributed by atoms with Crippen molar-refractivity contribution in [3.63, 3.8) is 0 Å². The summed E-state index contributed by atoms with van der Waals surface area (Å²) in [4.78, 5) is 17.4. The number of pyridine rings is 1. The number of fused-ring (bicyclic) bond motifs is 1. The van der Waals surface area contributed by atoms with E-state index in [1.807, 2.05) is 84.9 Å². The molecule has 3 aromatic carbocycles. The maximum atomic E-state index is 12.6. The summed E-state index contributed by atoms with van der Waals surface area (Å²) in [5.41, 5.74) is 4.70. The van der Waals surface area contributed by atoms with Gasteiger partial charge in [0.1, 0.15) is 5.75 Å². The smallest absolute Gasteiger partial charge is 0.224 e. The third kappa shape index (κ3) is 4.43. The first-order chi connectivity index (χ1) is 14.2. The highest BCUT2D eigenvalue weighted by atomic mass is 16.5. The molecule has 0 atom stereocenters. The van der Waals surface area contributed by atoms with E-state index in [1.54, 1.807) is 7.11 Å². The summed E-state index contributed by atoms with van der Waals surface area (Å²) < 4.78 is 5.36. The zero-order chi connectivity index (χ0) is 20.1. The van der Waals surface area contributed by atoms with Crippen molar-refractivity contribution in [3.8, 4) is 17.0 Å². The van der Waals surface area contributed by atoms with E-state index < -0.39 is 0 Å². The maximum Gasteiger partial charge on any atom is 0.224 e. The second kappa shape index (κ2) is 8.57. The summed E-state index contributed by atoms with van der Waals surface area (Å²) in [6, 6.07) is 27.7. The molecule has 4 heteroatoms. The summed E-state index contributed by atoms with van der Waals surface area (Å²) in [5, 5.41) is 3.97. The number of ether oxygens (including phenoxy) is 1. The number of nitrogens with zero attached hydrogens (tertiary/aromatic N) is 1. The molecule has 0 unspecified atom stereocenters. The molecule has 0 aliphatic heterocycles. The summed E-state index contributed by atoms with van der Waals surface area (Å²) in [6.07, 6.45) is 0.290. The molecule has 0 saturated heterocycles. The van der Waals surface area contributed by atoms with Gasteiger partial charge in [0.25, 0.3) is 0 Å². The van der Waals surface area contributed by atoms with Crippen molar-refractivity contribution in [2.75, 3.05) is 7.11 Å². The van der Waals surface area contributed by atoms with Crippen LogP contribution in [0.4, 0.5) is 0 Å². The number of amides is 1. The minimum atomic E-state index is -0.0174. The Bertz CT molecular complexity index is 1130. The Balaban J connectivity index is 1.65. The first-order valence-electron chi connectivity index (χ1n) is 9.56. The number of benzene rings is 3. The van der Waals surface area contributed by atoms with E-state index in [0.717, 1.165) is 39.0 Å². The molecule has 4 nitrogen and oxygen atoms in total. The van der Waals surface area contributed by atoms with Gasteiger partial charge in [0.15, 0.2) is 0 Å². The summed E-state index contributed by atoms with van der Waals surface area (Å²) in [5.74, 6) is 0.728. The lowest BCUT2D eigenvalue weighted by atomic mass is 10.0. The molecule has 0 aliphatic carbocycles.